The first-order valence-corrected chi connectivity index (χ1v) is 3.65. The highest BCUT2D eigenvalue weighted by Gasteiger charge is 1.82. The fourth-order valence-corrected chi connectivity index (χ4v) is 0.151. The molecule has 0 unspecified atom stereocenters. The summed E-state index contributed by atoms with van der Waals surface area (Å²) in [6.45, 7) is 6.57. The molecular weight excluding hydrogens is 130 g/mol. The molecule has 10 heavy (non-hydrogen) atoms. The van der Waals surface area contributed by atoms with Gasteiger partial charge in [-0.2, -0.15) is 0 Å². The summed E-state index contributed by atoms with van der Waals surface area (Å²) >= 11 is 0. The van der Waals surface area contributed by atoms with Gasteiger partial charge in [-0.25, -0.2) is 4.79 Å². The van der Waals surface area contributed by atoms with Crippen molar-refractivity contribution in [2.24, 2.45) is 0 Å². The Balaban J connectivity index is 0. The summed E-state index contributed by atoms with van der Waals surface area (Å²) in [7, 11) is 0. The molecule has 0 rings (SSSR count). The van der Waals surface area contributed by atoms with Crippen molar-refractivity contribution in [1.29, 1.82) is 0 Å². The molecule has 0 aliphatic heterocycles. The second-order valence-electron chi connectivity index (χ2n) is 1.84. The Morgan fingerprint density at radius 3 is 1.70 bits per heavy atom. The summed E-state index contributed by atoms with van der Waals surface area (Å²) in [5.41, 5.74) is 0. The van der Waals surface area contributed by atoms with Gasteiger partial charge >= 0.3 is 6.09 Å². The number of carbonyl (C=O) groups is 1. The van der Waals surface area contributed by atoms with Gasteiger partial charge in [0.2, 0.25) is 0 Å². The van der Waals surface area contributed by atoms with Crippen molar-refractivity contribution in [1.82, 2.24) is 5.32 Å². The van der Waals surface area contributed by atoms with Crippen LogP contribution in [-0.4, -0.2) is 17.7 Å². The molecule has 0 spiro atoms. The lowest BCUT2D eigenvalue weighted by molar-refractivity contribution is 0.195. The average Bonchev–Trinajstić information content (AvgIpc) is 1.89. The Morgan fingerprint density at radius 2 is 1.70 bits per heavy atom. The Bertz CT molecular complexity index is 72.0. The zero-order valence-corrected chi connectivity index (χ0v) is 6.98. The standard InChI is InChI=1S/C4H10.C3H7NO2/c1-3-4-2;1-2-4-3(5)6/h3-4H2,1-2H3;4H,2H2,1H3,(H,5,6). The Hall–Kier alpha value is -0.730. The van der Waals surface area contributed by atoms with Gasteiger partial charge in [0.15, 0.2) is 0 Å². The van der Waals surface area contributed by atoms with E-state index in [-0.39, 0.29) is 0 Å². The lowest BCUT2D eigenvalue weighted by Crippen LogP contribution is -2.19. The zero-order chi connectivity index (χ0) is 8.41. The van der Waals surface area contributed by atoms with Crippen molar-refractivity contribution in [2.75, 3.05) is 6.54 Å². The Labute approximate surface area is 62.4 Å². The van der Waals surface area contributed by atoms with Crippen LogP contribution in [0, 0.1) is 0 Å². The number of hydrogen-bond donors (Lipinski definition) is 2. The van der Waals surface area contributed by atoms with Crippen molar-refractivity contribution in [3.05, 3.63) is 0 Å². The lowest BCUT2D eigenvalue weighted by atomic mass is 10.4. The number of rotatable bonds is 2. The predicted octanol–water partition coefficient (Wildman–Crippen LogP) is 2.08. The van der Waals surface area contributed by atoms with Crippen LogP contribution in [0.25, 0.3) is 0 Å². The van der Waals surface area contributed by atoms with Crippen LogP contribution in [0.3, 0.4) is 0 Å². The molecule has 2 N–H and O–H groups in total. The lowest BCUT2D eigenvalue weighted by Gasteiger charge is -1.87. The van der Waals surface area contributed by atoms with E-state index in [1.54, 1.807) is 6.92 Å². The van der Waals surface area contributed by atoms with Gasteiger partial charge in [-0.05, 0) is 6.92 Å². The maximum atomic E-state index is 9.49. The van der Waals surface area contributed by atoms with Gasteiger partial charge in [-0.15, -0.1) is 0 Å². The van der Waals surface area contributed by atoms with Crippen molar-refractivity contribution in [2.45, 2.75) is 33.6 Å². The maximum Gasteiger partial charge on any atom is 0.404 e. The van der Waals surface area contributed by atoms with Crippen molar-refractivity contribution in [3.8, 4) is 0 Å². The largest absolute Gasteiger partial charge is 0.465 e. The molecule has 0 atom stereocenters. The fraction of sp³-hybridized carbons (Fsp3) is 0.857. The minimum Gasteiger partial charge on any atom is -0.465 e. The third-order valence-electron chi connectivity index (χ3n) is 0.828. The van der Waals surface area contributed by atoms with Crippen LogP contribution < -0.4 is 5.32 Å². The first kappa shape index (κ1) is 12.0. The second kappa shape index (κ2) is 11.1. The molecule has 0 radical (unpaired) electrons. The highest BCUT2D eigenvalue weighted by atomic mass is 16.4. The van der Waals surface area contributed by atoms with Crippen molar-refractivity contribution < 1.29 is 9.90 Å². The van der Waals surface area contributed by atoms with E-state index in [2.05, 4.69) is 19.2 Å². The van der Waals surface area contributed by atoms with E-state index in [1.807, 2.05) is 0 Å². The third kappa shape index (κ3) is 26.7. The number of hydrogen-bond acceptors (Lipinski definition) is 1. The number of nitrogens with one attached hydrogen (secondary N) is 1. The van der Waals surface area contributed by atoms with Crippen molar-refractivity contribution in [3.63, 3.8) is 0 Å². The van der Waals surface area contributed by atoms with E-state index in [0.717, 1.165) is 0 Å². The summed E-state index contributed by atoms with van der Waals surface area (Å²) in [5.74, 6) is 0. The first-order valence-electron chi connectivity index (χ1n) is 3.65. The SMILES string of the molecule is CCCC.CCNC(=O)O. The van der Waals surface area contributed by atoms with E-state index in [0.29, 0.717) is 6.54 Å². The average molecular weight is 147 g/mol. The second-order valence-corrected chi connectivity index (χ2v) is 1.84. The molecule has 1 amide bonds. The molecule has 62 valence electrons. The highest BCUT2D eigenvalue weighted by Crippen LogP contribution is 1.76. The summed E-state index contributed by atoms with van der Waals surface area (Å²) < 4.78 is 0. The quantitative estimate of drug-likeness (QED) is 0.628. The molecular formula is C7H17NO2. The molecule has 0 aliphatic carbocycles. The van der Waals surface area contributed by atoms with Crippen molar-refractivity contribution >= 4 is 6.09 Å². The van der Waals surface area contributed by atoms with E-state index >= 15 is 0 Å². The minimum absolute atomic E-state index is 0.481. The van der Waals surface area contributed by atoms with Crippen LogP contribution in [0.5, 0.6) is 0 Å². The molecule has 3 heteroatoms. The number of amides is 1. The molecule has 3 nitrogen and oxygen atoms in total. The van der Waals surface area contributed by atoms with E-state index in [9.17, 15) is 4.79 Å². The van der Waals surface area contributed by atoms with Gasteiger partial charge in [0.25, 0.3) is 0 Å². The molecule has 0 saturated heterocycles. The monoisotopic (exact) mass is 147 g/mol. The van der Waals surface area contributed by atoms with Gasteiger partial charge in [-0.3, -0.25) is 0 Å². The Kier molecular flexibility index (Phi) is 13.3. The van der Waals surface area contributed by atoms with Crippen LogP contribution in [0.15, 0.2) is 0 Å². The van der Waals surface area contributed by atoms with Crippen LogP contribution in [0.1, 0.15) is 33.6 Å². The third-order valence-corrected chi connectivity index (χ3v) is 0.828. The zero-order valence-electron chi connectivity index (χ0n) is 6.98. The van der Waals surface area contributed by atoms with Gasteiger partial charge in [0, 0.05) is 6.54 Å². The van der Waals surface area contributed by atoms with E-state index in [1.165, 1.54) is 12.8 Å². The van der Waals surface area contributed by atoms with Gasteiger partial charge in [0.05, 0.1) is 0 Å². The number of unbranched alkanes of at least 4 members (excludes halogenated alkanes) is 1. The minimum atomic E-state index is -0.961. The molecule has 0 heterocycles. The molecule has 0 aromatic rings. The predicted molar refractivity (Wildman–Crippen MR) is 42.3 cm³/mol. The summed E-state index contributed by atoms with van der Waals surface area (Å²) in [4.78, 5) is 9.49. The molecule has 0 bridgehead atoms. The van der Waals surface area contributed by atoms with Crippen LogP contribution in [0.2, 0.25) is 0 Å². The van der Waals surface area contributed by atoms with Crippen LogP contribution >= 0.6 is 0 Å². The summed E-state index contributed by atoms with van der Waals surface area (Å²) in [6.07, 6.45) is 1.68. The fourth-order valence-electron chi connectivity index (χ4n) is 0.151. The molecule has 0 fully saturated rings. The maximum absolute atomic E-state index is 9.49. The molecule has 0 aromatic carbocycles. The van der Waals surface area contributed by atoms with Crippen LogP contribution in [0.4, 0.5) is 4.79 Å². The van der Waals surface area contributed by atoms with Crippen LogP contribution in [-0.2, 0) is 0 Å². The van der Waals surface area contributed by atoms with Gasteiger partial charge < -0.3 is 10.4 Å². The smallest absolute Gasteiger partial charge is 0.404 e. The van der Waals surface area contributed by atoms with E-state index < -0.39 is 6.09 Å². The number of carboxylic acid groups (broad SMARTS) is 1. The summed E-state index contributed by atoms with van der Waals surface area (Å²) in [6, 6.07) is 0. The molecule has 0 saturated carbocycles. The highest BCUT2D eigenvalue weighted by molar-refractivity contribution is 5.64. The molecule has 0 aromatic heterocycles. The first-order chi connectivity index (χ1) is 4.68. The van der Waals surface area contributed by atoms with Gasteiger partial charge in [-0.1, -0.05) is 26.7 Å². The van der Waals surface area contributed by atoms with Gasteiger partial charge in [0.1, 0.15) is 0 Å². The Morgan fingerprint density at radius 1 is 1.30 bits per heavy atom. The summed E-state index contributed by atoms with van der Waals surface area (Å²) in [5, 5.41) is 9.93. The topological polar surface area (TPSA) is 49.3 Å². The van der Waals surface area contributed by atoms with E-state index in [4.69, 9.17) is 5.11 Å². The normalized spacial score (nSPS) is 7.50. The molecule has 0 aliphatic rings.